The maximum absolute atomic E-state index is 13.1. The molecule has 2 aliphatic rings. The van der Waals surface area contributed by atoms with Crippen molar-refractivity contribution in [1.29, 1.82) is 0 Å². The number of rotatable bonds is 2. The first-order valence-corrected chi connectivity index (χ1v) is 5.94. The van der Waals surface area contributed by atoms with Crippen molar-refractivity contribution >= 4 is 5.78 Å². The molecular formula is C12H14F4O2. The highest BCUT2D eigenvalue weighted by Gasteiger charge is 2.51. The fourth-order valence-corrected chi connectivity index (χ4v) is 2.52. The molecule has 0 radical (unpaired) electrons. The predicted molar refractivity (Wildman–Crippen MR) is 55.5 cm³/mol. The highest BCUT2D eigenvalue weighted by atomic mass is 19.3. The summed E-state index contributed by atoms with van der Waals surface area (Å²) in [5.74, 6) is -6.08. The van der Waals surface area contributed by atoms with E-state index in [1.54, 1.807) is 0 Å². The molecular weight excluding hydrogens is 252 g/mol. The highest BCUT2D eigenvalue weighted by Crippen LogP contribution is 2.43. The third-order valence-corrected chi connectivity index (χ3v) is 3.70. The van der Waals surface area contributed by atoms with E-state index in [1.807, 2.05) is 0 Å². The van der Waals surface area contributed by atoms with Gasteiger partial charge in [-0.15, -0.1) is 0 Å². The van der Waals surface area contributed by atoms with Crippen LogP contribution in [0, 0.1) is 5.41 Å². The van der Waals surface area contributed by atoms with Crippen LogP contribution >= 0.6 is 0 Å². The lowest BCUT2D eigenvalue weighted by Gasteiger charge is -2.38. The lowest BCUT2D eigenvalue weighted by molar-refractivity contribution is -0.151. The fraction of sp³-hybridized carbons (Fsp3) is 0.750. The van der Waals surface area contributed by atoms with Gasteiger partial charge in [0.05, 0.1) is 5.41 Å². The number of carbonyl (C=O) groups is 1. The minimum Gasteiger partial charge on any atom is -0.490 e. The second-order valence-corrected chi connectivity index (χ2v) is 4.93. The zero-order chi connectivity index (χ0) is 13.4. The van der Waals surface area contributed by atoms with Crippen LogP contribution in [-0.2, 0) is 9.53 Å². The van der Waals surface area contributed by atoms with Crippen molar-refractivity contribution in [3.63, 3.8) is 0 Å². The summed E-state index contributed by atoms with van der Waals surface area (Å²) in [4.78, 5) is 11.9. The Kier molecular flexibility index (Phi) is 3.38. The first kappa shape index (κ1) is 13.4. The van der Waals surface area contributed by atoms with Gasteiger partial charge in [-0.3, -0.25) is 4.79 Å². The number of alkyl halides is 4. The van der Waals surface area contributed by atoms with Gasteiger partial charge < -0.3 is 4.74 Å². The molecule has 2 rings (SSSR count). The Balaban J connectivity index is 2.20. The van der Waals surface area contributed by atoms with Gasteiger partial charge >= 0.3 is 12.3 Å². The smallest absolute Gasteiger partial charge is 0.363 e. The molecule has 0 amide bonds. The van der Waals surface area contributed by atoms with Crippen LogP contribution in [0.1, 0.15) is 32.1 Å². The van der Waals surface area contributed by atoms with Gasteiger partial charge in [-0.25, -0.2) is 8.78 Å². The minimum atomic E-state index is -4.38. The molecule has 1 spiro atoms. The van der Waals surface area contributed by atoms with E-state index in [0.29, 0.717) is 18.9 Å². The van der Waals surface area contributed by atoms with Gasteiger partial charge in [0.25, 0.3) is 0 Å². The average Bonchev–Trinajstić information content (AvgIpc) is 2.34. The molecule has 18 heavy (non-hydrogen) atoms. The summed E-state index contributed by atoms with van der Waals surface area (Å²) in [6.45, 7) is -0.208. The number of ketones is 1. The molecule has 1 aliphatic carbocycles. The van der Waals surface area contributed by atoms with Crippen LogP contribution in [0.2, 0.25) is 0 Å². The molecule has 2 nitrogen and oxygen atoms in total. The molecule has 1 fully saturated rings. The topological polar surface area (TPSA) is 26.3 Å². The summed E-state index contributed by atoms with van der Waals surface area (Å²) in [5, 5.41) is 0. The van der Waals surface area contributed by atoms with Crippen molar-refractivity contribution in [2.45, 2.75) is 44.5 Å². The van der Waals surface area contributed by atoms with Gasteiger partial charge in [-0.1, -0.05) is 19.3 Å². The van der Waals surface area contributed by atoms with Crippen LogP contribution in [0.5, 0.6) is 0 Å². The SMILES string of the molecule is O=C1C=C(C(F)(F)C(F)F)OCC12CCCCC2. The van der Waals surface area contributed by atoms with Gasteiger partial charge in [0.15, 0.2) is 11.5 Å². The van der Waals surface area contributed by atoms with Crippen LogP contribution in [-0.4, -0.2) is 24.7 Å². The van der Waals surface area contributed by atoms with Gasteiger partial charge in [0.2, 0.25) is 0 Å². The van der Waals surface area contributed by atoms with Crippen molar-refractivity contribution in [3.8, 4) is 0 Å². The summed E-state index contributed by atoms with van der Waals surface area (Å²) < 4.78 is 55.3. The molecule has 1 saturated carbocycles. The Morgan fingerprint density at radius 1 is 1.22 bits per heavy atom. The zero-order valence-electron chi connectivity index (χ0n) is 9.73. The second kappa shape index (κ2) is 4.55. The number of ether oxygens (including phenoxy) is 1. The Morgan fingerprint density at radius 3 is 2.33 bits per heavy atom. The molecule has 0 unspecified atom stereocenters. The van der Waals surface area contributed by atoms with E-state index in [-0.39, 0.29) is 6.61 Å². The normalized spacial score (nSPS) is 24.1. The summed E-state index contributed by atoms with van der Waals surface area (Å²) in [6, 6.07) is 0. The summed E-state index contributed by atoms with van der Waals surface area (Å²) >= 11 is 0. The third kappa shape index (κ3) is 2.12. The number of hydrogen-bond donors (Lipinski definition) is 0. The summed E-state index contributed by atoms with van der Waals surface area (Å²) in [6.07, 6.45) is 0.537. The van der Waals surface area contributed by atoms with E-state index in [9.17, 15) is 22.4 Å². The monoisotopic (exact) mass is 266 g/mol. The summed E-state index contributed by atoms with van der Waals surface area (Å²) in [7, 11) is 0. The van der Waals surface area contributed by atoms with E-state index in [1.165, 1.54) is 0 Å². The maximum Gasteiger partial charge on any atom is 0.363 e. The molecule has 0 bridgehead atoms. The third-order valence-electron chi connectivity index (χ3n) is 3.70. The minimum absolute atomic E-state index is 0.208. The number of allylic oxidation sites excluding steroid dienone is 2. The molecule has 6 heteroatoms. The first-order valence-electron chi connectivity index (χ1n) is 5.94. The number of carbonyl (C=O) groups excluding carboxylic acids is 1. The van der Waals surface area contributed by atoms with Gasteiger partial charge in [-0.05, 0) is 12.8 Å². The van der Waals surface area contributed by atoms with Crippen LogP contribution in [0.3, 0.4) is 0 Å². The van der Waals surface area contributed by atoms with Crippen molar-refractivity contribution < 1.29 is 27.1 Å². The van der Waals surface area contributed by atoms with Crippen LogP contribution in [0.4, 0.5) is 17.6 Å². The number of hydrogen-bond acceptors (Lipinski definition) is 2. The van der Waals surface area contributed by atoms with Gasteiger partial charge in [-0.2, -0.15) is 8.78 Å². The Morgan fingerprint density at radius 2 is 1.83 bits per heavy atom. The molecule has 0 aromatic heterocycles. The maximum atomic E-state index is 13.1. The van der Waals surface area contributed by atoms with Crippen LogP contribution in [0.25, 0.3) is 0 Å². The van der Waals surface area contributed by atoms with E-state index in [0.717, 1.165) is 19.3 Å². The van der Waals surface area contributed by atoms with Crippen molar-refractivity contribution in [1.82, 2.24) is 0 Å². The summed E-state index contributed by atoms with van der Waals surface area (Å²) in [5.41, 5.74) is -0.764. The van der Waals surface area contributed by atoms with Gasteiger partial charge in [0, 0.05) is 6.08 Å². The number of halogens is 4. The first-order chi connectivity index (χ1) is 8.38. The van der Waals surface area contributed by atoms with Gasteiger partial charge in [0.1, 0.15) is 6.61 Å². The Bertz CT molecular complexity index is 370. The molecule has 0 aromatic rings. The quantitative estimate of drug-likeness (QED) is 0.717. The standard InChI is InChI=1S/C12H14F4O2/c13-10(14)12(15,16)9-6-8(17)11(7-18-9)4-2-1-3-5-11/h6,10H,1-5,7H2. The lowest BCUT2D eigenvalue weighted by atomic mass is 9.70. The lowest BCUT2D eigenvalue weighted by Crippen LogP contribution is -2.43. The molecule has 0 saturated heterocycles. The zero-order valence-corrected chi connectivity index (χ0v) is 9.73. The molecule has 0 aromatic carbocycles. The molecule has 0 atom stereocenters. The Hall–Kier alpha value is -1.07. The van der Waals surface area contributed by atoms with Crippen molar-refractivity contribution in [2.24, 2.45) is 5.41 Å². The molecule has 1 aliphatic heterocycles. The highest BCUT2D eigenvalue weighted by molar-refractivity contribution is 5.96. The predicted octanol–water partition coefficient (Wildman–Crippen LogP) is 3.32. The van der Waals surface area contributed by atoms with E-state index >= 15 is 0 Å². The largest absolute Gasteiger partial charge is 0.490 e. The molecule has 1 heterocycles. The van der Waals surface area contributed by atoms with E-state index in [4.69, 9.17) is 4.74 Å². The van der Waals surface area contributed by atoms with E-state index in [2.05, 4.69) is 0 Å². The Labute approximate surface area is 102 Å². The van der Waals surface area contributed by atoms with Crippen LogP contribution in [0.15, 0.2) is 11.8 Å². The second-order valence-electron chi connectivity index (χ2n) is 4.93. The van der Waals surface area contributed by atoms with Crippen molar-refractivity contribution in [3.05, 3.63) is 11.8 Å². The van der Waals surface area contributed by atoms with E-state index < -0.39 is 29.3 Å². The van der Waals surface area contributed by atoms with Crippen LogP contribution < -0.4 is 0 Å². The molecule has 102 valence electrons. The average molecular weight is 266 g/mol. The molecule has 0 N–H and O–H groups in total. The fourth-order valence-electron chi connectivity index (χ4n) is 2.52. The van der Waals surface area contributed by atoms with Crippen molar-refractivity contribution in [2.75, 3.05) is 6.61 Å².